The van der Waals surface area contributed by atoms with Crippen molar-refractivity contribution < 1.29 is 0 Å². The highest BCUT2D eigenvalue weighted by Crippen LogP contribution is 2.25. The SMILES string of the molecule is C=C(Cc1nccnc1C)N1CCC(C2CN=C(C)N2)CC1. The van der Waals surface area contributed by atoms with Gasteiger partial charge in [0, 0.05) is 43.6 Å². The van der Waals surface area contributed by atoms with E-state index in [1.807, 2.05) is 6.92 Å². The van der Waals surface area contributed by atoms with E-state index in [1.54, 1.807) is 12.4 Å². The lowest BCUT2D eigenvalue weighted by Gasteiger charge is -2.37. The van der Waals surface area contributed by atoms with Crippen molar-refractivity contribution in [3.8, 4) is 0 Å². The van der Waals surface area contributed by atoms with E-state index in [9.17, 15) is 0 Å². The van der Waals surface area contributed by atoms with E-state index in [2.05, 4.69) is 38.7 Å². The van der Waals surface area contributed by atoms with Gasteiger partial charge in [-0.3, -0.25) is 15.0 Å². The van der Waals surface area contributed by atoms with E-state index in [0.29, 0.717) is 6.04 Å². The average Bonchev–Trinajstić information content (AvgIpc) is 2.96. The maximum atomic E-state index is 4.47. The van der Waals surface area contributed by atoms with Crippen LogP contribution in [0.1, 0.15) is 31.2 Å². The van der Waals surface area contributed by atoms with Gasteiger partial charge in [0.15, 0.2) is 0 Å². The molecule has 0 spiro atoms. The van der Waals surface area contributed by atoms with E-state index >= 15 is 0 Å². The summed E-state index contributed by atoms with van der Waals surface area (Å²) in [4.78, 5) is 15.6. The second-order valence-corrected chi connectivity index (χ2v) is 6.33. The van der Waals surface area contributed by atoms with E-state index in [4.69, 9.17) is 0 Å². The van der Waals surface area contributed by atoms with Gasteiger partial charge in [0.2, 0.25) is 0 Å². The third kappa shape index (κ3) is 3.29. The second kappa shape index (κ2) is 6.46. The van der Waals surface area contributed by atoms with Gasteiger partial charge in [-0.25, -0.2) is 0 Å². The molecule has 1 saturated heterocycles. The van der Waals surface area contributed by atoms with Crippen LogP contribution < -0.4 is 5.32 Å². The smallest absolute Gasteiger partial charge is 0.0935 e. The normalized spacial score (nSPS) is 22.4. The van der Waals surface area contributed by atoms with Gasteiger partial charge in [0.25, 0.3) is 0 Å². The summed E-state index contributed by atoms with van der Waals surface area (Å²) in [5.41, 5.74) is 3.20. The summed E-state index contributed by atoms with van der Waals surface area (Å²) in [5, 5.41) is 3.51. The molecular formula is C17H25N5. The highest BCUT2D eigenvalue weighted by molar-refractivity contribution is 5.81. The Morgan fingerprint density at radius 1 is 1.27 bits per heavy atom. The van der Waals surface area contributed by atoms with E-state index in [-0.39, 0.29) is 0 Å². The number of amidine groups is 1. The van der Waals surface area contributed by atoms with Crippen LogP contribution >= 0.6 is 0 Å². The molecule has 1 aromatic heterocycles. The molecule has 118 valence electrons. The fraction of sp³-hybridized carbons (Fsp3) is 0.588. The number of piperidine rings is 1. The molecular weight excluding hydrogens is 274 g/mol. The molecule has 0 aromatic carbocycles. The molecule has 0 saturated carbocycles. The topological polar surface area (TPSA) is 53.4 Å². The van der Waals surface area contributed by atoms with Gasteiger partial charge in [0.1, 0.15) is 0 Å². The number of rotatable bonds is 4. The number of hydrogen-bond donors (Lipinski definition) is 1. The molecule has 0 aliphatic carbocycles. The largest absolute Gasteiger partial charge is 0.375 e. The van der Waals surface area contributed by atoms with Crippen molar-refractivity contribution >= 4 is 5.84 Å². The van der Waals surface area contributed by atoms with Crippen molar-refractivity contribution in [2.24, 2.45) is 10.9 Å². The molecule has 3 rings (SSSR count). The van der Waals surface area contributed by atoms with Gasteiger partial charge in [-0.1, -0.05) is 6.58 Å². The molecule has 1 fully saturated rings. The molecule has 1 aromatic rings. The van der Waals surface area contributed by atoms with E-state index < -0.39 is 0 Å². The maximum absolute atomic E-state index is 4.47. The van der Waals surface area contributed by atoms with Crippen LogP contribution in [-0.2, 0) is 6.42 Å². The number of aryl methyl sites for hydroxylation is 1. The van der Waals surface area contributed by atoms with Crippen LogP contribution in [0.3, 0.4) is 0 Å². The predicted molar refractivity (Wildman–Crippen MR) is 88.8 cm³/mol. The summed E-state index contributed by atoms with van der Waals surface area (Å²) < 4.78 is 0. The summed E-state index contributed by atoms with van der Waals surface area (Å²) in [7, 11) is 0. The Balaban J connectivity index is 1.51. The minimum absolute atomic E-state index is 0.539. The molecule has 0 radical (unpaired) electrons. The number of aromatic nitrogens is 2. The third-order valence-electron chi connectivity index (χ3n) is 4.83. The molecule has 22 heavy (non-hydrogen) atoms. The number of allylic oxidation sites excluding steroid dienone is 1. The Labute approximate surface area is 132 Å². The van der Waals surface area contributed by atoms with Crippen LogP contribution in [-0.4, -0.2) is 46.4 Å². The maximum Gasteiger partial charge on any atom is 0.0935 e. The second-order valence-electron chi connectivity index (χ2n) is 6.33. The monoisotopic (exact) mass is 299 g/mol. The first kappa shape index (κ1) is 15.0. The first-order valence-electron chi connectivity index (χ1n) is 8.10. The van der Waals surface area contributed by atoms with Crippen molar-refractivity contribution in [3.63, 3.8) is 0 Å². The zero-order chi connectivity index (χ0) is 15.5. The first-order chi connectivity index (χ1) is 10.6. The third-order valence-corrected chi connectivity index (χ3v) is 4.83. The van der Waals surface area contributed by atoms with Crippen LogP contribution in [0.25, 0.3) is 0 Å². The summed E-state index contributed by atoms with van der Waals surface area (Å²) >= 11 is 0. The lowest BCUT2D eigenvalue weighted by molar-refractivity contribution is 0.200. The van der Waals surface area contributed by atoms with Gasteiger partial charge in [0.05, 0.1) is 23.8 Å². The zero-order valence-electron chi connectivity index (χ0n) is 13.5. The van der Waals surface area contributed by atoms with Crippen molar-refractivity contribution in [1.29, 1.82) is 0 Å². The Hall–Kier alpha value is -1.91. The van der Waals surface area contributed by atoms with Crippen LogP contribution in [0.5, 0.6) is 0 Å². The van der Waals surface area contributed by atoms with Crippen LogP contribution in [0.2, 0.25) is 0 Å². The fourth-order valence-corrected chi connectivity index (χ4v) is 3.39. The highest BCUT2D eigenvalue weighted by atomic mass is 15.2. The molecule has 0 bridgehead atoms. The summed E-state index contributed by atoms with van der Waals surface area (Å²) in [6.45, 7) is 11.4. The Kier molecular flexibility index (Phi) is 4.41. The zero-order valence-corrected chi connectivity index (χ0v) is 13.5. The molecule has 2 aliphatic rings. The molecule has 0 amide bonds. The highest BCUT2D eigenvalue weighted by Gasteiger charge is 2.29. The summed E-state index contributed by atoms with van der Waals surface area (Å²) in [6, 6.07) is 0.539. The van der Waals surface area contributed by atoms with Gasteiger partial charge in [-0.05, 0) is 32.6 Å². The lowest BCUT2D eigenvalue weighted by Crippen LogP contribution is -2.43. The first-order valence-corrected chi connectivity index (χ1v) is 8.10. The number of nitrogens with zero attached hydrogens (tertiary/aromatic N) is 4. The molecule has 1 unspecified atom stereocenters. The Bertz CT molecular complexity index is 572. The number of hydrogen-bond acceptors (Lipinski definition) is 5. The van der Waals surface area contributed by atoms with Crippen LogP contribution in [0.4, 0.5) is 0 Å². The summed E-state index contributed by atoms with van der Waals surface area (Å²) in [6.07, 6.45) is 6.72. The van der Waals surface area contributed by atoms with E-state index in [0.717, 1.165) is 54.9 Å². The number of aliphatic imine (C=N–C) groups is 1. The standard InChI is InChI=1S/C17H25N5/c1-12(10-16-13(2)18-6-7-19-16)22-8-4-15(5-9-22)17-11-20-14(3)21-17/h6-7,15,17H,1,4-5,8-11H2,2-3H3,(H,20,21). The number of likely N-dealkylation sites (tertiary alicyclic amines) is 1. The van der Waals surface area contributed by atoms with Crippen LogP contribution in [0, 0.1) is 12.8 Å². The minimum atomic E-state index is 0.539. The molecule has 1 N–H and O–H groups in total. The Morgan fingerprint density at radius 2 is 2.00 bits per heavy atom. The molecule has 3 heterocycles. The van der Waals surface area contributed by atoms with Gasteiger partial charge in [-0.15, -0.1) is 0 Å². The van der Waals surface area contributed by atoms with Crippen molar-refractivity contribution in [2.75, 3.05) is 19.6 Å². The molecule has 2 aliphatic heterocycles. The van der Waals surface area contributed by atoms with Gasteiger partial charge < -0.3 is 10.2 Å². The lowest BCUT2D eigenvalue weighted by atomic mass is 9.89. The molecule has 1 atom stereocenters. The number of nitrogens with one attached hydrogen (secondary N) is 1. The quantitative estimate of drug-likeness (QED) is 0.923. The molecule has 5 heteroatoms. The van der Waals surface area contributed by atoms with Crippen molar-refractivity contribution in [1.82, 2.24) is 20.2 Å². The summed E-state index contributed by atoms with van der Waals surface area (Å²) in [5.74, 6) is 1.82. The predicted octanol–water partition coefficient (Wildman–Crippen LogP) is 1.94. The van der Waals surface area contributed by atoms with Crippen molar-refractivity contribution in [2.45, 2.75) is 39.2 Å². The van der Waals surface area contributed by atoms with Crippen LogP contribution in [0.15, 0.2) is 29.7 Å². The average molecular weight is 299 g/mol. The van der Waals surface area contributed by atoms with Gasteiger partial charge >= 0.3 is 0 Å². The minimum Gasteiger partial charge on any atom is -0.375 e. The van der Waals surface area contributed by atoms with Gasteiger partial charge in [-0.2, -0.15) is 0 Å². The fourth-order valence-electron chi connectivity index (χ4n) is 3.39. The van der Waals surface area contributed by atoms with E-state index in [1.165, 1.54) is 12.8 Å². The van der Waals surface area contributed by atoms with Crippen molar-refractivity contribution in [3.05, 3.63) is 36.1 Å². The molecule has 5 nitrogen and oxygen atoms in total. The Morgan fingerprint density at radius 3 is 2.64 bits per heavy atom.